The number of carbonyl (C=O) groups excluding carboxylic acids is 1. The molecule has 22 heavy (non-hydrogen) atoms. The quantitative estimate of drug-likeness (QED) is 0.780. The molecule has 0 radical (unpaired) electrons. The van der Waals surface area contributed by atoms with Crippen molar-refractivity contribution in [3.8, 4) is 0 Å². The summed E-state index contributed by atoms with van der Waals surface area (Å²) < 4.78 is 27.8. The second kappa shape index (κ2) is 6.76. The molecule has 3 N–H and O–H groups in total. The number of hydrogen-bond donors (Lipinski definition) is 3. The number of hydrogen-bond acceptors (Lipinski definition) is 4. The molecule has 0 bridgehead atoms. The highest BCUT2D eigenvalue weighted by Crippen LogP contribution is 2.21. The number of amides is 1. The van der Waals surface area contributed by atoms with Gasteiger partial charge in [-0.25, -0.2) is 13.1 Å². The molecule has 1 amide bonds. The van der Waals surface area contributed by atoms with Gasteiger partial charge in [0.15, 0.2) is 0 Å². The molecule has 1 aliphatic rings. The minimum atomic E-state index is -3.61. The van der Waals surface area contributed by atoms with E-state index < -0.39 is 10.0 Å². The molecule has 1 aromatic carbocycles. The largest absolute Gasteiger partial charge is 0.326 e. The van der Waals surface area contributed by atoms with E-state index >= 15 is 0 Å². The average Bonchev–Trinajstić information content (AvgIpc) is 2.43. The van der Waals surface area contributed by atoms with E-state index in [-0.39, 0.29) is 22.9 Å². The topological polar surface area (TPSA) is 87.3 Å². The maximum absolute atomic E-state index is 12.5. The maximum atomic E-state index is 12.5. The van der Waals surface area contributed by atoms with Crippen molar-refractivity contribution in [3.63, 3.8) is 0 Å². The van der Waals surface area contributed by atoms with E-state index in [2.05, 4.69) is 15.4 Å². The molecule has 7 heteroatoms. The first-order chi connectivity index (χ1) is 10.3. The lowest BCUT2D eigenvalue weighted by Gasteiger charge is -2.30. The van der Waals surface area contributed by atoms with Crippen LogP contribution in [0.1, 0.15) is 32.3 Å². The van der Waals surface area contributed by atoms with Crippen LogP contribution in [0.25, 0.3) is 0 Å². The number of sulfonamides is 1. The Bertz CT molecular complexity index is 658. The molecule has 2 atom stereocenters. The molecule has 2 rings (SSSR count). The summed E-state index contributed by atoms with van der Waals surface area (Å²) in [5, 5.41) is 5.92. The summed E-state index contributed by atoms with van der Waals surface area (Å²) in [4.78, 5) is 11.4. The van der Waals surface area contributed by atoms with E-state index in [1.165, 1.54) is 13.0 Å². The second-order valence-corrected chi connectivity index (χ2v) is 7.48. The van der Waals surface area contributed by atoms with Crippen LogP contribution in [0.4, 0.5) is 5.69 Å². The zero-order valence-corrected chi connectivity index (χ0v) is 14.0. The fraction of sp³-hybridized carbons (Fsp3) is 0.533. The van der Waals surface area contributed by atoms with E-state index in [0.717, 1.165) is 24.9 Å². The van der Waals surface area contributed by atoms with Crippen LogP contribution in [0, 0.1) is 6.92 Å². The Morgan fingerprint density at radius 3 is 2.73 bits per heavy atom. The fourth-order valence-corrected chi connectivity index (χ4v) is 3.94. The molecule has 0 spiro atoms. The Labute approximate surface area is 131 Å². The molecule has 0 saturated carbocycles. The minimum absolute atomic E-state index is 0.101. The van der Waals surface area contributed by atoms with Gasteiger partial charge in [-0.3, -0.25) is 4.79 Å². The molecule has 1 heterocycles. The first kappa shape index (κ1) is 16.9. The van der Waals surface area contributed by atoms with Crippen molar-refractivity contribution >= 4 is 21.6 Å². The Kier molecular flexibility index (Phi) is 5.20. The molecule has 1 aromatic rings. The third-order valence-corrected chi connectivity index (χ3v) is 5.39. The van der Waals surface area contributed by atoms with Crippen molar-refractivity contribution in [2.24, 2.45) is 0 Å². The lowest BCUT2D eigenvalue weighted by Crippen LogP contribution is -2.51. The lowest BCUT2D eigenvalue weighted by atomic mass is 10.0. The van der Waals surface area contributed by atoms with Crippen LogP contribution in [-0.2, 0) is 14.8 Å². The van der Waals surface area contributed by atoms with Crippen LogP contribution in [0.15, 0.2) is 23.1 Å². The van der Waals surface area contributed by atoms with Gasteiger partial charge in [0.1, 0.15) is 0 Å². The van der Waals surface area contributed by atoms with Crippen molar-refractivity contribution in [3.05, 3.63) is 23.8 Å². The summed E-state index contributed by atoms with van der Waals surface area (Å²) in [5.74, 6) is -0.226. The molecule has 2 unspecified atom stereocenters. The van der Waals surface area contributed by atoms with Gasteiger partial charge in [0.25, 0.3) is 0 Å². The highest BCUT2D eigenvalue weighted by Gasteiger charge is 2.26. The molecular formula is C15H23N3O3S. The summed E-state index contributed by atoms with van der Waals surface area (Å²) in [6.07, 6.45) is 1.76. The number of nitrogens with one attached hydrogen (secondary N) is 3. The molecule has 122 valence electrons. The number of aryl methyl sites for hydroxylation is 1. The summed E-state index contributed by atoms with van der Waals surface area (Å²) in [6, 6.07) is 4.74. The molecule has 1 fully saturated rings. The van der Waals surface area contributed by atoms with Gasteiger partial charge in [0.2, 0.25) is 15.9 Å². The SMILES string of the molecule is CC(=O)Nc1cc(S(=O)(=O)NC2CCCNC2C)ccc1C. The number of piperidine rings is 1. The van der Waals surface area contributed by atoms with Crippen molar-refractivity contribution in [1.82, 2.24) is 10.0 Å². The Morgan fingerprint density at radius 2 is 2.09 bits per heavy atom. The maximum Gasteiger partial charge on any atom is 0.240 e. The van der Waals surface area contributed by atoms with Crippen molar-refractivity contribution in [2.45, 2.75) is 50.6 Å². The van der Waals surface area contributed by atoms with Gasteiger partial charge >= 0.3 is 0 Å². The highest BCUT2D eigenvalue weighted by molar-refractivity contribution is 7.89. The number of carbonyl (C=O) groups is 1. The van der Waals surface area contributed by atoms with Crippen LogP contribution < -0.4 is 15.4 Å². The smallest absolute Gasteiger partial charge is 0.240 e. The molecule has 0 aliphatic carbocycles. The summed E-state index contributed by atoms with van der Waals surface area (Å²) >= 11 is 0. The normalized spacial score (nSPS) is 22.3. The first-order valence-corrected chi connectivity index (χ1v) is 8.92. The summed E-state index contributed by atoms with van der Waals surface area (Å²) in [5.41, 5.74) is 1.34. The third kappa shape index (κ3) is 4.06. The monoisotopic (exact) mass is 325 g/mol. The summed E-state index contributed by atoms with van der Waals surface area (Å²) in [6.45, 7) is 6.11. The van der Waals surface area contributed by atoms with E-state index in [1.54, 1.807) is 12.1 Å². The van der Waals surface area contributed by atoms with Gasteiger partial charge in [-0.2, -0.15) is 0 Å². The van der Waals surface area contributed by atoms with E-state index in [4.69, 9.17) is 0 Å². The van der Waals surface area contributed by atoms with Crippen molar-refractivity contribution < 1.29 is 13.2 Å². The van der Waals surface area contributed by atoms with Gasteiger partial charge in [0, 0.05) is 24.7 Å². The van der Waals surface area contributed by atoms with Crippen molar-refractivity contribution in [2.75, 3.05) is 11.9 Å². The van der Waals surface area contributed by atoms with E-state index in [9.17, 15) is 13.2 Å². The number of benzene rings is 1. The fourth-order valence-electron chi connectivity index (χ4n) is 2.56. The van der Waals surface area contributed by atoms with Crippen LogP contribution in [-0.4, -0.2) is 33.0 Å². The van der Waals surface area contributed by atoms with Crippen LogP contribution in [0.5, 0.6) is 0 Å². The van der Waals surface area contributed by atoms with Gasteiger partial charge in [-0.1, -0.05) is 6.07 Å². The van der Waals surface area contributed by atoms with Gasteiger partial charge in [-0.05, 0) is 50.9 Å². The zero-order valence-electron chi connectivity index (χ0n) is 13.1. The van der Waals surface area contributed by atoms with Crippen molar-refractivity contribution in [1.29, 1.82) is 0 Å². The summed E-state index contributed by atoms with van der Waals surface area (Å²) in [7, 11) is -3.61. The predicted molar refractivity (Wildman–Crippen MR) is 86.3 cm³/mol. The van der Waals surface area contributed by atoms with Gasteiger partial charge in [-0.15, -0.1) is 0 Å². The number of anilines is 1. The minimum Gasteiger partial charge on any atom is -0.326 e. The van der Waals surface area contributed by atoms with Gasteiger partial charge in [0.05, 0.1) is 4.90 Å². The Morgan fingerprint density at radius 1 is 1.36 bits per heavy atom. The standard InChI is InChI=1S/C15H23N3O3S/c1-10-6-7-13(9-15(10)17-12(3)19)22(20,21)18-14-5-4-8-16-11(14)2/h6-7,9,11,14,16,18H,4-5,8H2,1-3H3,(H,17,19). The molecule has 1 aliphatic heterocycles. The Hall–Kier alpha value is -1.44. The van der Waals surface area contributed by atoms with Crippen LogP contribution in [0.2, 0.25) is 0 Å². The highest BCUT2D eigenvalue weighted by atomic mass is 32.2. The van der Waals surface area contributed by atoms with Gasteiger partial charge < -0.3 is 10.6 Å². The average molecular weight is 325 g/mol. The van der Waals surface area contributed by atoms with E-state index in [1.807, 2.05) is 13.8 Å². The zero-order chi connectivity index (χ0) is 16.3. The third-order valence-electron chi connectivity index (χ3n) is 3.90. The van der Waals surface area contributed by atoms with Crippen LogP contribution in [0.3, 0.4) is 0 Å². The first-order valence-electron chi connectivity index (χ1n) is 7.43. The predicted octanol–water partition coefficient (Wildman–Crippen LogP) is 1.37. The lowest BCUT2D eigenvalue weighted by molar-refractivity contribution is -0.114. The molecule has 1 saturated heterocycles. The molecular weight excluding hydrogens is 302 g/mol. The molecule has 6 nitrogen and oxygen atoms in total. The van der Waals surface area contributed by atoms with E-state index in [0.29, 0.717) is 5.69 Å². The Balaban J connectivity index is 2.23. The van der Waals surface area contributed by atoms with Crippen LogP contribution >= 0.6 is 0 Å². The second-order valence-electron chi connectivity index (χ2n) is 5.77. The number of rotatable bonds is 4. The molecule has 0 aromatic heterocycles.